The second-order valence-electron chi connectivity index (χ2n) is 6.98. The van der Waals surface area contributed by atoms with E-state index < -0.39 is 24.3 Å². The van der Waals surface area contributed by atoms with E-state index in [9.17, 15) is 14.4 Å². The molecule has 1 heterocycles. The summed E-state index contributed by atoms with van der Waals surface area (Å²) in [6.45, 7) is 1.17. The van der Waals surface area contributed by atoms with Crippen LogP contribution in [0.3, 0.4) is 0 Å². The average Bonchev–Trinajstić information content (AvgIpc) is 3.12. The van der Waals surface area contributed by atoms with Crippen LogP contribution >= 0.6 is 0 Å². The fourth-order valence-electron chi connectivity index (χ4n) is 2.99. The summed E-state index contributed by atoms with van der Waals surface area (Å²) >= 11 is 0. The number of anilines is 1. The van der Waals surface area contributed by atoms with Gasteiger partial charge in [-0.25, -0.2) is 4.79 Å². The van der Waals surface area contributed by atoms with Crippen LogP contribution in [0.4, 0.5) is 5.69 Å². The van der Waals surface area contributed by atoms with Crippen molar-refractivity contribution in [2.75, 3.05) is 18.5 Å². The molecule has 156 valence electrons. The molecule has 0 aromatic heterocycles. The number of aryl methyl sites for hydroxylation is 1. The smallest absolute Gasteiger partial charge is 0.347 e. The number of ketones is 1. The first-order chi connectivity index (χ1) is 14.5. The summed E-state index contributed by atoms with van der Waals surface area (Å²) in [5.41, 5.74) is 1.64. The first-order valence-corrected chi connectivity index (χ1v) is 9.75. The summed E-state index contributed by atoms with van der Waals surface area (Å²) in [4.78, 5) is 36.5. The van der Waals surface area contributed by atoms with Crippen LogP contribution in [0.5, 0.6) is 0 Å². The van der Waals surface area contributed by atoms with Crippen LogP contribution in [0.1, 0.15) is 18.9 Å². The summed E-state index contributed by atoms with van der Waals surface area (Å²) < 4.78 is 10.3. The van der Waals surface area contributed by atoms with E-state index in [1.807, 2.05) is 43.3 Å². The number of ether oxygens (including phenoxy) is 2. The van der Waals surface area contributed by atoms with Gasteiger partial charge in [0.2, 0.25) is 11.7 Å². The molecule has 0 radical (unpaired) electrons. The SMILES string of the molecule is C[C@@H](CCc1ccccc1)NC(=O)COC(=O)C1=C(Nc2ccccc2)OCC1=O. The van der Waals surface area contributed by atoms with Crippen LogP contribution in [0.25, 0.3) is 0 Å². The van der Waals surface area contributed by atoms with Gasteiger partial charge in [-0.15, -0.1) is 0 Å². The van der Waals surface area contributed by atoms with Gasteiger partial charge in [-0.1, -0.05) is 48.5 Å². The molecule has 0 aliphatic carbocycles. The second kappa shape index (κ2) is 10.2. The minimum Gasteiger partial charge on any atom is -0.470 e. The van der Waals surface area contributed by atoms with E-state index in [0.29, 0.717) is 5.69 Å². The van der Waals surface area contributed by atoms with Crippen molar-refractivity contribution in [3.8, 4) is 0 Å². The predicted octanol–water partition coefficient (Wildman–Crippen LogP) is 2.59. The molecule has 0 fully saturated rings. The van der Waals surface area contributed by atoms with Gasteiger partial charge in [0.15, 0.2) is 18.8 Å². The van der Waals surface area contributed by atoms with E-state index in [1.54, 1.807) is 24.3 Å². The third-order valence-corrected chi connectivity index (χ3v) is 4.54. The minimum atomic E-state index is -0.886. The van der Waals surface area contributed by atoms with Gasteiger partial charge in [0.05, 0.1) is 0 Å². The van der Waals surface area contributed by atoms with Crippen LogP contribution < -0.4 is 10.6 Å². The molecule has 2 N–H and O–H groups in total. The van der Waals surface area contributed by atoms with Crippen molar-refractivity contribution in [2.45, 2.75) is 25.8 Å². The highest BCUT2D eigenvalue weighted by Crippen LogP contribution is 2.20. The lowest BCUT2D eigenvalue weighted by atomic mass is 10.1. The maximum absolute atomic E-state index is 12.4. The number of amides is 1. The molecular weight excluding hydrogens is 384 g/mol. The number of carbonyl (C=O) groups excluding carboxylic acids is 3. The number of hydrogen-bond donors (Lipinski definition) is 2. The number of Topliss-reactive ketones (excluding diaryl/α,β-unsaturated/α-hetero) is 1. The summed E-state index contributed by atoms with van der Waals surface area (Å²) in [5, 5.41) is 5.68. The Bertz CT molecular complexity index is 925. The summed E-state index contributed by atoms with van der Waals surface area (Å²) in [6, 6.07) is 18.9. The first kappa shape index (κ1) is 21.1. The van der Waals surface area contributed by atoms with Gasteiger partial charge >= 0.3 is 5.97 Å². The molecule has 30 heavy (non-hydrogen) atoms. The lowest BCUT2D eigenvalue weighted by molar-refractivity contribution is -0.145. The molecule has 1 amide bonds. The molecule has 2 aromatic carbocycles. The number of esters is 1. The molecule has 3 rings (SSSR count). The van der Waals surface area contributed by atoms with E-state index in [2.05, 4.69) is 10.6 Å². The summed E-state index contributed by atoms with van der Waals surface area (Å²) in [7, 11) is 0. The Morgan fingerprint density at radius 3 is 2.43 bits per heavy atom. The van der Waals surface area contributed by atoms with Gasteiger partial charge in [-0.05, 0) is 37.5 Å². The topological polar surface area (TPSA) is 93.7 Å². The predicted molar refractivity (Wildman–Crippen MR) is 111 cm³/mol. The van der Waals surface area contributed by atoms with Gasteiger partial charge in [0, 0.05) is 11.7 Å². The molecule has 1 aliphatic heterocycles. The number of rotatable bonds is 9. The van der Waals surface area contributed by atoms with E-state index >= 15 is 0 Å². The van der Waals surface area contributed by atoms with E-state index in [0.717, 1.165) is 12.8 Å². The lowest BCUT2D eigenvalue weighted by Gasteiger charge is -2.14. The Hall–Kier alpha value is -3.61. The van der Waals surface area contributed by atoms with Crippen molar-refractivity contribution in [3.63, 3.8) is 0 Å². The molecule has 7 heteroatoms. The highest BCUT2D eigenvalue weighted by molar-refractivity contribution is 6.20. The molecule has 0 spiro atoms. The molecule has 0 bridgehead atoms. The van der Waals surface area contributed by atoms with Crippen molar-refractivity contribution < 1.29 is 23.9 Å². The van der Waals surface area contributed by atoms with Crippen LogP contribution in [-0.4, -0.2) is 36.9 Å². The third-order valence-electron chi connectivity index (χ3n) is 4.54. The number of nitrogens with one attached hydrogen (secondary N) is 2. The maximum atomic E-state index is 12.4. The number of hydrogen-bond acceptors (Lipinski definition) is 6. The summed E-state index contributed by atoms with van der Waals surface area (Å²) in [5.74, 6) is -1.76. The monoisotopic (exact) mass is 408 g/mol. The molecule has 1 atom stereocenters. The van der Waals surface area contributed by atoms with Crippen LogP contribution in [0.2, 0.25) is 0 Å². The Morgan fingerprint density at radius 1 is 1.07 bits per heavy atom. The van der Waals surface area contributed by atoms with E-state index in [1.165, 1.54) is 5.56 Å². The highest BCUT2D eigenvalue weighted by Gasteiger charge is 2.32. The van der Waals surface area contributed by atoms with E-state index in [-0.39, 0.29) is 24.1 Å². The zero-order valence-electron chi connectivity index (χ0n) is 16.7. The Morgan fingerprint density at radius 2 is 1.73 bits per heavy atom. The molecule has 0 unspecified atom stereocenters. The molecule has 2 aromatic rings. The van der Waals surface area contributed by atoms with Crippen LogP contribution in [0.15, 0.2) is 72.1 Å². The Balaban J connectivity index is 1.49. The quantitative estimate of drug-likeness (QED) is 0.489. The van der Waals surface area contributed by atoms with E-state index in [4.69, 9.17) is 9.47 Å². The zero-order chi connectivity index (χ0) is 21.3. The highest BCUT2D eigenvalue weighted by atomic mass is 16.5. The lowest BCUT2D eigenvalue weighted by Crippen LogP contribution is -2.36. The summed E-state index contributed by atoms with van der Waals surface area (Å²) in [6.07, 6.45) is 1.58. The van der Waals surface area contributed by atoms with Gasteiger partial charge < -0.3 is 20.1 Å². The fraction of sp³-hybridized carbons (Fsp3) is 0.261. The van der Waals surface area contributed by atoms with Gasteiger partial charge in [-0.2, -0.15) is 0 Å². The van der Waals surface area contributed by atoms with Crippen molar-refractivity contribution in [1.82, 2.24) is 5.32 Å². The Kier molecular flexibility index (Phi) is 7.21. The molecular formula is C23H24N2O5. The minimum absolute atomic E-state index is 0.0350. The first-order valence-electron chi connectivity index (χ1n) is 9.75. The molecule has 0 saturated heterocycles. The molecule has 1 aliphatic rings. The van der Waals surface area contributed by atoms with Crippen molar-refractivity contribution in [2.24, 2.45) is 0 Å². The van der Waals surface area contributed by atoms with Crippen molar-refractivity contribution in [3.05, 3.63) is 77.7 Å². The van der Waals surface area contributed by atoms with Crippen LogP contribution in [0, 0.1) is 0 Å². The zero-order valence-corrected chi connectivity index (χ0v) is 16.7. The van der Waals surface area contributed by atoms with Crippen LogP contribution in [-0.2, 0) is 30.3 Å². The van der Waals surface area contributed by atoms with Crippen molar-refractivity contribution in [1.29, 1.82) is 0 Å². The number of benzene rings is 2. The number of para-hydroxylation sites is 1. The van der Waals surface area contributed by atoms with Gasteiger partial charge in [0.1, 0.15) is 0 Å². The standard InChI is InChI=1S/C23H24N2O5/c1-16(12-13-17-8-4-2-5-9-17)24-20(27)15-30-23(28)21-19(26)14-29-22(21)25-18-10-6-3-7-11-18/h2-11,16,25H,12-15H2,1H3,(H,24,27)/t16-/m0/s1. The second-order valence-corrected chi connectivity index (χ2v) is 6.98. The fourth-order valence-corrected chi connectivity index (χ4v) is 2.99. The number of carbonyl (C=O) groups is 3. The van der Waals surface area contributed by atoms with Gasteiger partial charge in [-0.3, -0.25) is 9.59 Å². The largest absolute Gasteiger partial charge is 0.470 e. The Labute approximate surface area is 175 Å². The average molecular weight is 408 g/mol. The van der Waals surface area contributed by atoms with Gasteiger partial charge in [0.25, 0.3) is 5.91 Å². The molecule has 7 nitrogen and oxygen atoms in total. The normalized spacial score (nSPS) is 14.1. The van der Waals surface area contributed by atoms with Crippen molar-refractivity contribution >= 4 is 23.3 Å². The third kappa shape index (κ3) is 5.94. The maximum Gasteiger partial charge on any atom is 0.347 e. The molecule has 0 saturated carbocycles.